The average molecular weight is 281 g/mol. The Bertz CT molecular complexity index is 678. The first-order valence-electron chi connectivity index (χ1n) is 5.33. The van der Waals surface area contributed by atoms with Crippen molar-refractivity contribution < 1.29 is 14.2 Å². The Morgan fingerprint density at radius 1 is 1.42 bits per heavy atom. The fraction of sp³-hybridized carbons (Fsp3) is 0.167. The summed E-state index contributed by atoms with van der Waals surface area (Å²) in [7, 11) is 0. The van der Waals surface area contributed by atoms with E-state index >= 15 is 0 Å². The molecule has 7 heteroatoms. The molecule has 2 aromatic rings. The van der Waals surface area contributed by atoms with E-state index in [-0.39, 0.29) is 22.7 Å². The number of benzene rings is 1. The molecule has 1 heterocycles. The Hall–Kier alpha value is -2.21. The summed E-state index contributed by atoms with van der Waals surface area (Å²) in [6.45, 7) is 3.18. The van der Waals surface area contributed by atoms with E-state index < -0.39 is 10.2 Å². The molecule has 0 aliphatic rings. The molecular weight excluding hydrogens is 272 g/mol. The van der Waals surface area contributed by atoms with Crippen LogP contribution >= 0.6 is 11.6 Å². The van der Waals surface area contributed by atoms with Gasteiger partial charge >= 0.3 is 0 Å². The van der Waals surface area contributed by atoms with Crippen LogP contribution in [0.1, 0.15) is 21.7 Å². The highest BCUT2D eigenvalue weighted by atomic mass is 35.5. The van der Waals surface area contributed by atoms with Crippen molar-refractivity contribution in [2.24, 2.45) is 0 Å². The standard InChI is InChI=1S/C12H9ClN2O4/c1-6-3-4-8(5-9(6)15(17)18)11-10(12(13)16)7(2)19-14-11/h3-5H,1-2H3. The SMILES string of the molecule is Cc1ccc(-c2noc(C)c2C(=O)Cl)cc1[N+](=O)[O-]. The van der Waals surface area contributed by atoms with E-state index in [1.807, 2.05) is 0 Å². The van der Waals surface area contributed by atoms with Gasteiger partial charge in [0.2, 0.25) is 0 Å². The van der Waals surface area contributed by atoms with Gasteiger partial charge < -0.3 is 4.52 Å². The molecule has 0 unspecified atom stereocenters. The number of nitro benzene ring substituents is 1. The molecule has 0 saturated carbocycles. The minimum Gasteiger partial charge on any atom is -0.360 e. The van der Waals surface area contributed by atoms with Gasteiger partial charge in [0, 0.05) is 17.2 Å². The van der Waals surface area contributed by atoms with Crippen molar-refractivity contribution in [3.8, 4) is 11.3 Å². The predicted molar refractivity (Wildman–Crippen MR) is 68.3 cm³/mol. The molecule has 6 nitrogen and oxygen atoms in total. The quantitative estimate of drug-likeness (QED) is 0.489. The summed E-state index contributed by atoms with van der Waals surface area (Å²) >= 11 is 5.47. The van der Waals surface area contributed by atoms with E-state index in [0.717, 1.165) is 0 Å². The second-order valence-corrected chi connectivity index (χ2v) is 4.34. The van der Waals surface area contributed by atoms with Gasteiger partial charge in [-0.25, -0.2) is 0 Å². The van der Waals surface area contributed by atoms with Crippen LogP contribution in [0.4, 0.5) is 5.69 Å². The lowest BCUT2D eigenvalue weighted by molar-refractivity contribution is -0.385. The van der Waals surface area contributed by atoms with Crippen LogP contribution in [-0.4, -0.2) is 15.3 Å². The van der Waals surface area contributed by atoms with Crippen molar-refractivity contribution in [1.29, 1.82) is 0 Å². The zero-order valence-corrected chi connectivity index (χ0v) is 10.9. The first-order valence-corrected chi connectivity index (χ1v) is 5.71. The van der Waals surface area contributed by atoms with Crippen LogP contribution in [0.15, 0.2) is 22.7 Å². The maximum atomic E-state index is 11.3. The van der Waals surface area contributed by atoms with Crippen molar-refractivity contribution in [3.63, 3.8) is 0 Å². The number of carbonyl (C=O) groups is 1. The van der Waals surface area contributed by atoms with Gasteiger partial charge in [-0.2, -0.15) is 0 Å². The summed E-state index contributed by atoms with van der Waals surface area (Å²) in [5.41, 5.74) is 1.22. The van der Waals surface area contributed by atoms with Crippen LogP contribution in [0, 0.1) is 24.0 Å². The van der Waals surface area contributed by atoms with Crippen molar-refractivity contribution in [2.75, 3.05) is 0 Å². The van der Waals surface area contributed by atoms with Crippen LogP contribution < -0.4 is 0 Å². The maximum Gasteiger partial charge on any atom is 0.272 e. The van der Waals surface area contributed by atoms with Crippen molar-refractivity contribution in [3.05, 3.63) is 45.2 Å². The monoisotopic (exact) mass is 280 g/mol. The topological polar surface area (TPSA) is 86.2 Å². The van der Waals surface area contributed by atoms with Gasteiger partial charge in [-0.1, -0.05) is 17.3 Å². The van der Waals surface area contributed by atoms with E-state index in [2.05, 4.69) is 5.16 Å². The van der Waals surface area contributed by atoms with Crippen LogP contribution in [0.5, 0.6) is 0 Å². The average Bonchev–Trinajstić information content (AvgIpc) is 2.71. The van der Waals surface area contributed by atoms with E-state index in [4.69, 9.17) is 16.1 Å². The lowest BCUT2D eigenvalue weighted by Crippen LogP contribution is -1.95. The Balaban J connectivity index is 2.63. The molecule has 0 spiro atoms. The number of halogens is 1. The summed E-state index contributed by atoms with van der Waals surface area (Å²) < 4.78 is 4.92. The van der Waals surface area contributed by atoms with Crippen molar-refractivity contribution >= 4 is 22.5 Å². The Morgan fingerprint density at radius 3 is 2.68 bits per heavy atom. The number of aryl methyl sites for hydroxylation is 2. The third kappa shape index (κ3) is 2.34. The lowest BCUT2D eigenvalue weighted by atomic mass is 10.0. The number of rotatable bonds is 3. The van der Waals surface area contributed by atoms with Gasteiger partial charge in [0.05, 0.1) is 4.92 Å². The fourth-order valence-corrected chi connectivity index (χ4v) is 1.98. The Labute approximate surface area is 113 Å². The van der Waals surface area contributed by atoms with Gasteiger partial charge in [0.25, 0.3) is 10.9 Å². The molecule has 1 aromatic carbocycles. The first kappa shape index (κ1) is 13.2. The summed E-state index contributed by atoms with van der Waals surface area (Å²) in [6, 6.07) is 4.55. The largest absolute Gasteiger partial charge is 0.360 e. The minimum atomic E-state index is -0.711. The third-order valence-electron chi connectivity index (χ3n) is 2.74. The third-order valence-corrected chi connectivity index (χ3v) is 2.93. The van der Waals surface area contributed by atoms with Gasteiger partial charge in [-0.15, -0.1) is 0 Å². The zero-order valence-electron chi connectivity index (χ0n) is 10.1. The van der Waals surface area contributed by atoms with Crippen LogP contribution in [0.25, 0.3) is 11.3 Å². The van der Waals surface area contributed by atoms with Crippen LogP contribution in [0.2, 0.25) is 0 Å². The van der Waals surface area contributed by atoms with Gasteiger partial charge in [0.1, 0.15) is 17.0 Å². The number of nitrogens with zero attached hydrogens (tertiary/aromatic N) is 2. The van der Waals surface area contributed by atoms with E-state index in [1.165, 1.54) is 6.07 Å². The summed E-state index contributed by atoms with van der Waals surface area (Å²) in [4.78, 5) is 21.7. The smallest absolute Gasteiger partial charge is 0.272 e. The summed E-state index contributed by atoms with van der Waals surface area (Å²) in [6.07, 6.45) is 0. The van der Waals surface area contributed by atoms with Crippen molar-refractivity contribution in [1.82, 2.24) is 5.16 Å². The molecule has 0 N–H and O–H groups in total. The molecule has 2 rings (SSSR count). The molecule has 0 bridgehead atoms. The number of hydrogen-bond acceptors (Lipinski definition) is 5. The van der Waals surface area contributed by atoms with Crippen LogP contribution in [-0.2, 0) is 0 Å². The summed E-state index contributed by atoms with van der Waals surface area (Å²) in [5.74, 6) is 0.276. The van der Waals surface area contributed by atoms with Gasteiger partial charge in [0.15, 0.2) is 0 Å². The molecule has 0 aliphatic carbocycles. The first-order chi connectivity index (χ1) is 8.91. The second kappa shape index (κ2) is 4.81. The molecule has 0 aliphatic heterocycles. The molecule has 0 amide bonds. The molecule has 0 saturated heterocycles. The van der Waals surface area contributed by atoms with Crippen LogP contribution in [0.3, 0.4) is 0 Å². The van der Waals surface area contributed by atoms with Gasteiger partial charge in [-0.3, -0.25) is 14.9 Å². The molecule has 1 aromatic heterocycles. The molecule has 0 atom stereocenters. The van der Waals surface area contributed by atoms with Gasteiger partial charge in [-0.05, 0) is 25.4 Å². The predicted octanol–water partition coefficient (Wildman–Crippen LogP) is 3.25. The second-order valence-electron chi connectivity index (χ2n) is 3.99. The normalized spacial score (nSPS) is 10.5. The number of carbonyl (C=O) groups excluding carboxylic acids is 1. The molecule has 0 radical (unpaired) electrons. The minimum absolute atomic E-state index is 0.0499. The highest BCUT2D eigenvalue weighted by Crippen LogP contribution is 2.30. The molecule has 19 heavy (non-hydrogen) atoms. The number of hydrogen-bond donors (Lipinski definition) is 0. The Kier molecular flexibility index (Phi) is 3.35. The highest BCUT2D eigenvalue weighted by Gasteiger charge is 2.22. The fourth-order valence-electron chi connectivity index (χ4n) is 1.75. The van der Waals surface area contributed by atoms with Crippen molar-refractivity contribution in [2.45, 2.75) is 13.8 Å². The molecule has 98 valence electrons. The molecular formula is C12H9ClN2O4. The van der Waals surface area contributed by atoms with E-state index in [9.17, 15) is 14.9 Å². The Morgan fingerprint density at radius 2 is 2.11 bits per heavy atom. The number of nitro groups is 1. The zero-order chi connectivity index (χ0) is 14.2. The summed E-state index contributed by atoms with van der Waals surface area (Å²) in [5, 5.41) is 13.9. The highest BCUT2D eigenvalue weighted by molar-refractivity contribution is 6.68. The van der Waals surface area contributed by atoms with E-state index in [0.29, 0.717) is 11.1 Å². The molecule has 0 fully saturated rings. The number of aromatic nitrogens is 1. The lowest BCUT2D eigenvalue weighted by Gasteiger charge is -2.01. The van der Waals surface area contributed by atoms with E-state index in [1.54, 1.807) is 26.0 Å². The maximum absolute atomic E-state index is 11.3.